The Hall–Kier alpha value is -2.24. The summed E-state index contributed by atoms with van der Waals surface area (Å²) in [6, 6.07) is 4.41. The fraction of sp³-hybridized carbons (Fsp3) is 0.579. The van der Waals surface area contributed by atoms with E-state index in [1.54, 1.807) is 12.4 Å². The number of aryl methyl sites for hydroxylation is 1. The molecule has 2 atom stereocenters. The number of aromatic nitrogens is 3. The van der Waals surface area contributed by atoms with E-state index in [1.165, 1.54) is 0 Å². The molecule has 1 amide bonds. The van der Waals surface area contributed by atoms with Crippen LogP contribution in [0.1, 0.15) is 52.3 Å². The molecule has 0 bridgehead atoms. The third-order valence-corrected chi connectivity index (χ3v) is 5.08. The summed E-state index contributed by atoms with van der Waals surface area (Å²) in [5.41, 5.74) is 0.814. The zero-order chi connectivity index (χ0) is 17.8. The van der Waals surface area contributed by atoms with Crippen molar-refractivity contribution in [3.05, 3.63) is 30.4 Å². The molecule has 0 aliphatic heterocycles. The maximum absolute atomic E-state index is 12.8. The lowest BCUT2D eigenvalue weighted by atomic mass is 9.98. The maximum Gasteiger partial charge on any atom is 0.227 e. The largest absolute Gasteiger partial charge is 0.339 e. The van der Waals surface area contributed by atoms with Gasteiger partial charge < -0.3 is 9.42 Å². The van der Waals surface area contributed by atoms with Gasteiger partial charge in [-0.25, -0.2) is 0 Å². The van der Waals surface area contributed by atoms with Crippen LogP contribution < -0.4 is 0 Å². The molecule has 0 aromatic carbocycles. The summed E-state index contributed by atoms with van der Waals surface area (Å²) in [7, 11) is 0. The van der Waals surface area contributed by atoms with Crippen molar-refractivity contribution in [1.29, 1.82) is 0 Å². The molecule has 0 radical (unpaired) electrons. The molecule has 1 fully saturated rings. The van der Waals surface area contributed by atoms with E-state index in [1.807, 2.05) is 12.1 Å². The van der Waals surface area contributed by atoms with E-state index in [-0.39, 0.29) is 11.9 Å². The average Bonchev–Trinajstić information content (AvgIpc) is 3.35. The first kappa shape index (κ1) is 17.6. The molecule has 2 aromatic rings. The molecule has 1 saturated carbocycles. The van der Waals surface area contributed by atoms with Crippen LogP contribution in [0.5, 0.6) is 0 Å². The van der Waals surface area contributed by atoms with Crippen LogP contribution in [-0.2, 0) is 11.2 Å². The normalized spacial score (nSPS) is 16.4. The maximum atomic E-state index is 12.8. The molecular formula is C19H26N4O2. The topological polar surface area (TPSA) is 72.1 Å². The number of hydrogen-bond acceptors (Lipinski definition) is 5. The molecule has 0 spiro atoms. The summed E-state index contributed by atoms with van der Waals surface area (Å²) in [4.78, 5) is 23.3. The molecule has 2 aromatic heterocycles. The van der Waals surface area contributed by atoms with Gasteiger partial charge in [-0.3, -0.25) is 9.78 Å². The molecule has 6 nitrogen and oxygen atoms in total. The van der Waals surface area contributed by atoms with E-state index in [0.29, 0.717) is 36.5 Å². The van der Waals surface area contributed by atoms with Crippen LogP contribution in [0.3, 0.4) is 0 Å². The Morgan fingerprint density at radius 1 is 1.40 bits per heavy atom. The third kappa shape index (κ3) is 4.24. The Kier molecular flexibility index (Phi) is 5.46. The van der Waals surface area contributed by atoms with E-state index >= 15 is 0 Å². The van der Waals surface area contributed by atoms with Gasteiger partial charge in [-0.1, -0.05) is 25.4 Å². The van der Waals surface area contributed by atoms with Crippen molar-refractivity contribution in [2.45, 2.75) is 65.0 Å². The molecule has 25 heavy (non-hydrogen) atoms. The molecule has 0 unspecified atom stereocenters. The number of amides is 1. The standard InChI is InChI=1S/C19H26N4O2/c1-4-13(2)14(3)23(16-7-8-16)18(24)10-9-17-21-19(22-25-17)15-6-5-11-20-12-15/h5-6,11-14,16H,4,7-10H2,1-3H3/t13-,14+/m1/s1. The highest BCUT2D eigenvalue weighted by Gasteiger charge is 2.36. The highest BCUT2D eigenvalue weighted by atomic mass is 16.5. The smallest absolute Gasteiger partial charge is 0.227 e. The molecule has 1 aliphatic carbocycles. The molecule has 6 heteroatoms. The lowest BCUT2D eigenvalue weighted by Crippen LogP contribution is -2.43. The second-order valence-electron chi connectivity index (χ2n) is 6.91. The fourth-order valence-corrected chi connectivity index (χ4v) is 3.04. The van der Waals surface area contributed by atoms with E-state index in [0.717, 1.165) is 24.8 Å². The minimum atomic E-state index is 0.191. The number of carbonyl (C=O) groups excluding carboxylic acids is 1. The Morgan fingerprint density at radius 2 is 2.20 bits per heavy atom. The van der Waals surface area contributed by atoms with Gasteiger partial charge in [0.15, 0.2) is 0 Å². The van der Waals surface area contributed by atoms with E-state index in [2.05, 4.69) is 40.8 Å². The van der Waals surface area contributed by atoms with Crippen LogP contribution in [0.2, 0.25) is 0 Å². The number of rotatable bonds is 8. The van der Waals surface area contributed by atoms with Crippen molar-refractivity contribution in [2.24, 2.45) is 5.92 Å². The van der Waals surface area contributed by atoms with Gasteiger partial charge in [0.25, 0.3) is 0 Å². The molecule has 134 valence electrons. The Morgan fingerprint density at radius 3 is 2.84 bits per heavy atom. The fourth-order valence-electron chi connectivity index (χ4n) is 3.04. The minimum absolute atomic E-state index is 0.191. The van der Waals surface area contributed by atoms with Gasteiger partial charge in [0.05, 0.1) is 0 Å². The summed E-state index contributed by atoms with van der Waals surface area (Å²) in [5, 5.41) is 3.98. The second kappa shape index (κ2) is 7.76. The number of carbonyl (C=O) groups is 1. The van der Waals surface area contributed by atoms with Gasteiger partial charge in [0.2, 0.25) is 17.6 Å². The van der Waals surface area contributed by atoms with Crippen LogP contribution in [-0.4, -0.2) is 38.0 Å². The predicted molar refractivity (Wildman–Crippen MR) is 94.6 cm³/mol. The number of pyridine rings is 1. The first-order valence-electron chi connectivity index (χ1n) is 9.14. The summed E-state index contributed by atoms with van der Waals surface area (Å²) < 4.78 is 5.29. The van der Waals surface area contributed by atoms with Crippen LogP contribution in [0, 0.1) is 5.92 Å². The van der Waals surface area contributed by atoms with Crippen molar-refractivity contribution >= 4 is 5.91 Å². The quantitative estimate of drug-likeness (QED) is 0.734. The lowest BCUT2D eigenvalue weighted by molar-refractivity contribution is -0.135. The zero-order valence-corrected chi connectivity index (χ0v) is 15.2. The summed E-state index contributed by atoms with van der Waals surface area (Å²) in [5.74, 6) is 1.71. The van der Waals surface area contributed by atoms with E-state index in [4.69, 9.17) is 4.52 Å². The van der Waals surface area contributed by atoms with Crippen LogP contribution in [0.15, 0.2) is 29.0 Å². The molecule has 0 N–H and O–H groups in total. The molecule has 3 rings (SSSR count). The Bertz CT molecular complexity index is 696. The highest BCUT2D eigenvalue weighted by Crippen LogP contribution is 2.32. The van der Waals surface area contributed by atoms with Gasteiger partial charge in [-0.05, 0) is 37.8 Å². The third-order valence-electron chi connectivity index (χ3n) is 5.08. The van der Waals surface area contributed by atoms with Crippen molar-refractivity contribution in [3.8, 4) is 11.4 Å². The SMILES string of the molecule is CC[C@@H](C)[C@H](C)N(C(=O)CCc1nc(-c2cccnc2)no1)C1CC1. The summed E-state index contributed by atoms with van der Waals surface area (Å²) >= 11 is 0. The first-order valence-corrected chi connectivity index (χ1v) is 9.14. The molecule has 2 heterocycles. The van der Waals surface area contributed by atoms with Crippen molar-refractivity contribution in [2.75, 3.05) is 0 Å². The van der Waals surface area contributed by atoms with Crippen molar-refractivity contribution in [1.82, 2.24) is 20.0 Å². The Labute approximate surface area is 148 Å². The molecule has 0 saturated heterocycles. The number of nitrogens with zero attached hydrogens (tertiary/aromatic N) is 4. The zero-order valence-electron chi connectivity index (χ0n) is 15.2. The van der Waals surface area contributed by atoms with Gasteiger partial charge in [0, 0.05) is 42.9 Å². The van der Waals surface area contributed by atoms with Gasteiger partial charge in [-0.15, -0.1) is 0 Å². The molecular weight excluding hydrogens is 316 g/mol. The number of hydrogen-bond donors (Lipinski definition) is 0. The van der Waals surface area contributed by atoms with Crippen molar-refractivity contribution in [3.63, 3.8) is 0 Å². The van der Waals surface area contributed by atoms with Gasteiger partial charge >= 0.3 is 0 Å². The summed E-state index contributed by atoms with van der Waals surface area (Å²) in [6.07, 6.45) is 7.61. The first-order chi connectivity index (χ1) is 12.1. The second-order valence-corrected chi connectivity index (χ2v) is 6.91. The van der Waals surface area contributed by atoms with Crippen LogP contribution in [0.25, 0.3) is 11.4 Å². The minimum Gasteiger partial charge on any atom is -0.339 e. The molecule has 1 aliphatic rings. The summed E-state index contributed by atoms with van der Waals surface area (Å²) in [6.45, 7) is 6.55. The van der Waals surface area contributed by atoms with Crippen molar-refractivity contribution < 1.29 is 9.32 Å². The highest BCUT2D eigenvalue weighted by molar-refractivity contribution is 5.77. The van der Waals surface area contributed by atoms with Gasteiger partial charge in [-0.2, -0.15) is 4.98 Å². The average molecular weight is 342 g/mol. The van der Waals surface area contributed by atoms with Gasteiger partial charge in [0.1, 0.15) is 0 Å². The van der Waals surface area contributed by atoms with Crippen LogP contribution in [0.4, 0.5) is 0 Å². The predicted octanol–water partition coefficient (Wildman–Crippen LogP) is 3.49. The van der Waals surface area contributed by atoms with Crippen LogP contribution >= 0.6 is 0 Å². The van der Waals surface area contributed by atoms with E-state index in [9.17, 15) is 4.79 Å². The van der Waals surface area contributed by atoms with E-state index < -0.39 is 0 Å². The lowest BCUT2D eigenvalue weighted by Gasteiger charge is -2.33. The Balaban J connectivity index is 1.60. The monoisotopic (exact) mass is 342 g/mol.